The molecule has 3 heteroatoms. The zero-order valence-electron chi connectivity index (χ0n) is 13.6. The summed E-state index contributed by atoms with van der Waals surface area (Å²) in [6, 6.07) is 8.88. The molecule has 3 nitrogen and oxygen atoms in total. The Kier molecular flexibility index (Phi) is 6.52. The van der Waals surface area contributed by atoms with Crippen LogP contribution in [0.5, 0.6) is 5.75 Å². The van der Waals surface area contributed by atoms with Crippen molar-refractivity contribution in [3.05, 3.63) is 29.8 Å². The molecule has 0 saturated heterocycles. The maximum atomic E-state index is 6.22. The monoisotopic (exact) mass is 291 g/mol. The van der Waals surface area contributed by atoms with Gasteiger partial charge in [-0.05, 0) is 31.2 Å². The molecule has 1 fully saturated rings. The lowest BCUT2D eigenvalue weighted by Gasteiger charge is -2.23. The molecule has 2 atom stereocenters. The number of rotatable bonds is 10. The molecule has 1 aromatic rings. The Morgan fingerprint density at radius 1 is 1.29 bits per heavy atom. The van der Waals surface area contributed by atoms with Gasteiger partial charge in [-0.15, -0.1) is 0 Å². The number of hydrogen-bond acceptors (Lipinski definition) is 3. The van der Waals surface area contributed by atoms with E-state index in [0.29, 0.717) is 12.0 Å². The Morgan fingerprint density at radius 3 is 2.71 bits per heavy atom. The van der Waals surface area contributed by atoms with Crippen LogP contribution in [0.1, 0.15) is 51.2 Å². The van der Waals surface area contributed by atoms with E-state index in [9.17, 15) is 0 Å². The van der Waals surface area contributed by atoms with Crippen molar-refractivity contribution >= 4 is 0 Å². The maximum absolute atomic E-state index is 6.22. The largest absolute Gasteiger partial charge is 0.496 e. The highest BCUT2D eigenvalue weighted by atomic mass is 16.5. The molecule has 0 bridgehead atoms. The molecule has 2 rings (SSSR count). The third-order valence-corrected chi connectivity index (χ3v) is 4.02. The molecule has 21 heavy (non-hydrogen) atoms. The minimum absolute atomic E-state index is 0.0704. The zero-order valence-corrected chi connectivity index (χ0v) is 13.6. The van der Waals surface area contributed by atoms with Gasteiger partial charge in [-0.2, -0.15) is 0 Å². The van der Waals surface area contributed by atoms with Gasteiger partial charge in [0.25, 0.3) is 0 Å². The normalized spacial score (nSPS) is 17.5. The van der Waals surface area contributed by atoms with Gasteiger partial charge in [0.2, 0.25) is 0 Å². The summed E-state index contributed by atoms with van der Waals surface area (Å²) >= 11 is 0. The van der Waals surface area contributed by atoms with Gasteiger partial charge in [0.15, 0.2) is 0 Å². The number of benzene rings is 1. The van der Waals surface area contributed by atoms with Crippen molar-refractivity contribution in [2.24, 2.45) is 5.92 Å². The van der Waals surface area contributed by atoms with Crippen molar-refractivity contribution in [1.29, 1.82) is 0 Å². The minimum Gasteiger partial charge on any atom is -0.496 e. The fourth-order valence-electron chi connectivity index (χ4n) is 2.61. The summed E-state index contributed by atoms with van der Waals surface area (Å²) in [6.07, 6.45) is 5.09. The molecule has 118 valence electrons. The van der Waals surface area contributed by atoms with Crippen LogP contribution in [0.15, 0.2) is 24.3 Å². The standard InChI is InChI=1S/C18H29NO2/c1-4-7-14(2)13-21-18(12-19-15-10-11-15)16-8-5-6-9-17(16)20-3/h5-6,8-9,14-15,18-19H,4,7,10-13H2,1-3H3. The van der Waals surface area contributed by atoms with Crippen LogP contribution in [0, 0.1) is 5.92 Å². The molecule has 0 radical (unpaired) electrons. The van der Waals surface area contributed by atoms with Gasteiger partial charge in [0, 0.05) is 18.2 Å². The third-order valence-electron chi connectivity index (χ3n) is 4.02. The first-order valence-corrected chi connectivity index (χ1v) is 8.22. The van der Waals surface area contributed by atoms with Gasteiger partial charge >= 0.3 is 0 Å². The molecule has 1 N–H and O–H groups in total. The smallest absolute Gasteiger partial charge is 0.124 e. The second-order valence-corrected chi connectivity index (χ2v) is 6.14. The highest BCUT2D eigenvalue weighted by Gasteiger charge is 2.24. The SMILES string of the molecule is CCCC(C)COC(CNC1CC1)c1ccccc1OC. The van der Waals surface area contributed by atoms with Crippen LogP contribution in [-0.2, 0) is 4.74 Å². The number of hydrogen-bond donors (Lipinski definition) is 1. The molecule has 1 aromatic carbocycles. The molecule has 1 saturated carbocycles. The van der Waals surface area contributed by atoms with E-state index in [4.69, 9.17) is 9.47 Å². The molecule has 2 unspecified atom stereocenters. The number of para-hydroxylation sites is 1. The van der Waals surface area contributed by atoms with Gasteiger partial charge in [-0.3, -0.25) is 0 Å². The highest BCUT2D eigenvalue weighted by Crippen LogP contribution is 2.29. The molecule has 1 aliphatic carbocycles. The van der Waals surface area contributed by atoms with E-state index in [1.54, 1.807) is 7.11 Å². The Morgan fingerprint density at radius 2 is 2.05 bits per heavy atom. The predicted octanol–water partition coefficient (Wildman–Crippen LogP) is 3.94. The minimum atomic E-state index is 0.0704. The first-order chi connectivity index (χ1) is 10.2. The number of nitrogens with one attached hydrogen (secondary N) is 1. The Hall–Kier alpha value is -1.06. The van der Waals surface area contributed by atoms with Gasteiger partial charge < -0.3 is 14.8 Å². The second kappa shape index (κ2) is 8.40. The van der Waals surface area contributed by atoms with Crippen molar-refractivity contribution in [3.63, 3.8) is 0 Å². The molecule has 0 aliphatic heterocycles. The molecule has 0 aromatic heterocycles. The molecular weight excluding hydrogens is 262 g/mol. The average Bonchev–Trinajstić information content (AvgIpc) is 3.32. The van der Waals surface area contributed by atoms with Crippen LogP contribution < -0.4 is 10.1 Å². The van der Waals surface area contributed by atoms with E-state index >= 15 is 0 Å². The van der Waals surface area contributed by atoms with Crippen LogP contribution >= 0.6 is 0 Å². The summed E-state index contributed by atoms with van der Waals surface area (Å²) in [4.78, 5) is 0. The summed E-state index contributed by atoms with van der Waals surface area (Å²) in [5, 5.41) is 3.58. The fourth-order valence-corrected chi connectivity index (χ4v) is 2.61. The van der Waals surface area contributed by atoms with Gasteiger partial charge in [-0.1, -0.05) is 38.5 Å². The van der Waals surface area contributed by atoms with Crippen molar-refractivity contribution in [3.8, 4) is 5.75 Å². The highest BCUT2D eigenvalue weighted by molar-refractivity contribution is 5.35. The van der Waals surface area contributed by atoms with Crippen LogP contribution in [-0.4, -0.2) is 26.3 Å². The summed E-state index contributed by atoms with van der Waals surface area (Å²) < 4.78 is 11.7. The van der Waals surface area contributed by atoms with E-state index in [1.165, 1.54) is 25.7 Å². The Balaban J connectivity index is 1.99. The molecule has 0 amide bonds. The van der Waals surface area contributed by atoms with Crippen LogP contribution in [0.25, 0.3) is 0 Å². The van der Waals surface area contributed by atoms with Gasteiger partial charge in [0.1, 0.15) is 5.75 Å². The summed E-state index contributed by atoms with van der Waals surface area (Å²) in [7, 11) is 1.73. The van der Waals surface area contributed by atoms with E-state index in [2.05, 4.69) is 31.3 Å². The molecule has 1 aliphatic rings. The Bertz CT molecular complexity index is 417. The second-order valence-electron chi connectivity index (χ2n) is 6.14. The lowest BCUT2D eigenvalue weighted by molar-refractivity contribution is 0.0284. The molecule has 0 heterocycles. The lowest BCUT2D eigenvalue weighted by Crippen LogP contribution is -2.26. The van der Waals surface area contributed by atoms with Crippen LogP contribution in [0.2, 0.25) is 0 Å². The van der Waals surface area contributed by atoms with Gasteiger partial charge in [-0.25, -0.2) is 0 Å². The predicted molar refractivity (Wildman–Crippen MR) is 86.8 cm³/mol. The van der Waals surface area contributed by atoms with E-state index in [1.807, 2.05) is 12.1 Å². The molecular formula is C18H29NO2. The fraction of sp³-hybridized carbons (Fsp3) is 0.667. The number of ether oxygens (including phenoxy) is 2. The summed E-state index contributed by atoms with van der Waals surface area (Å²) in [6.45, 7) is 6.16. The van der Waals surface area contributed by atoms with Crippen molar-refractivity contribution < 1.29 is 9.47 Å². The molecule has 0 spiro atoms. The van der Waals surface area contributed by atoms with Crippen molar-refractivity contribution in [1.82, 2.24) is 5.32 Å². The van der Waals surface area contributed by atoms with Crippen LogP contribution in [0.3, 0.4) is 0 Å². The van der Waals surface area contributed by atoms with E-state index in [0.717, 1.165) is 24.5 Å². The van der Waals surface area contributed by atoms with Crippen LogP contribution in [0.4, 0.5) is 0 Å². The maximum Gasteiger partial charge on any atom is 0.124 e. The first-order valence-electron chi connectivity index (χ1n) is 8.22. The van der Waals surface area contributed by atoms with Gasteiger partial charge in [0.05, 0.1) is 19.8 Å². The van der Waals surface area contributed by atoms with Crippen molar-refractivity contribution in [2.75, 3.05) is 20.3 Å². The summed E-state index contributed by atoms with van der Waals surface area (Å²) in [5.74, 6) is 1.52. The number of methoxy groups -OCH3 is 1. The van der Waals surface area contributed by atoms with E-state index in [-0.39, 0.29) is 6.10 Å². The topological polar surface area (TPSA) is 30.5 Å². The quantitative estimate of drug-likeness (QED) is 0.708. The Labute approximate surface area is 129 Å². The lowest BCUT2D eigenvalue weighted by atomic mass is 10.1. The average molecular weight is 291 g/mol. The van der Waals surface area contributed by atoms with E-state index < -0.39 is 0 Å². The first kappa shape index (κ1) is 16.3. The third kappa shape index (κ3) is 5.33. The summed E-state index contributed by atoms with van der Waals surface area (Å²) in [5.41, 5.74) is 1.15. The van der Waals surface area contributed by atoms with Crippen molar-refractivity contribution in [2.45, 2.75) is 51.7 Å². The zero-order chi connectivity index (χ0) is 15.1.